The van der Waals surface area contributed by atoms with Gasteiger partial charge < -0.3 is 5.11 Å². The normalized spacial score (nSPS) is 11.1. The summed E-state index contributed by atoms with van der Waals surface area (Å²) in [5.41, 5.74) is 2.43. The summed E-state index contributed by atoms with van der Waals surface area (Å²) in [6, 6.07) is 8.98. The Balaban J connectivity index is 2.66. The van der Waals surface area contributed by atoms with Gasteiger partial charge in [0.25, 0.3) is 0 Å². The van der Waals surface area contributed by atoms with Crippen molar-refractivity contribution in [2.75, 3.05) is 0 Å². The maximum atomic E-state index is 11.1. The van der Waals surface area contributed by atoms with Crippen LogP contribution in [0.3, 0.4) is 0 Å². The molecule has 4 heteroatoms. The van der Waals surface area contributed by atoms with Crippen molar-refractivity contribution < 1.29 is 9.90 Å². The number of carbonyl (C=O) groups excluding carboxylic acids is 1. The molecule has 84 valence electrons. The number of phenols is 1. The first-order valence-electron chi connectivity index (χ1n) is 5.27. The van der Waals surface area contributed by atoms with Crippen LogP contribution in [0.1, 0.15) is 16.2 Å². The highest BCUT2D eigenvalue weighted by Crippen LogP contribution is 2.27. The zero-order chi connectivity index (χ0) is 12.0. The fourth-order valence-electron chi connectivity index (χ4n) is 2.14. The minimum atomic E-state index is 0.147. The maximum absolute atomic E-state index is 11.1. The predicted octanol–water partition coefficient (Wildman–Crippen LogP) is 2.31. The molecule has 0 saturated heterocycles. The van der Waals surface area contributed by atoms with Gasteiger partial charge in [-0.15, -0.1) is 0 Å². The van der Waals surface area contributed by atoms with Crippen LogP contribution >= 0.6 is 0 Å². The Bertz CT molecular complexity index is 744. The molecule has 1 N–H and O–H groups in total. The van der Waals surface area contributed by atoms with Crippen LogP contribution < -0.4 is 0 Å². The van der Waals surface area contributed by atoms with Crippen molar-refractivity contribution >= 4 is 22.8 Å². The molecule has 0 bridgehead atoms. The topological polar surface area (TPSA) is 54.6 Å². The number of fused-ring (bicyclic) bond motifs is 3. The van der Waals surface area contributed by atoms with Crippen molar-refractivity contribution in [3.05, 3.63) is 41.7 Å². The highest BCUT2D eigenvalue weighted by atomic mass is 16.3. The molecule has 0 spiro atoms. The Morgan fingerprint density at radius 2 is 2.12 bits per heavy atom. The Hall–Kier alpha value is -2.36. The maximum Gasteiger partial charge on any atom is 0.168 e. The molecule has 17 heavy (non-hydrogen) atoms. The molecule has 0 atom stereocenters. The van der Waals surface area contributed by atoms with E-state index in [0.29, 0.717) is 22.6 Å². The molecule has 0 radical (unpaired) electrons. The van der Waals surface area contributed by atoms with Gasteiger partial charge in [-0.25, -0.2) is 4.98 Å². The average Bonchev–Trinajstić information content (AvgIpc) is 2.64. The van der Waals surface area contributed by atoms with Crippen LogP contribution in [0.15, 0.2) is 30.3 Å². The zero-order valence-electron chi connectivity index (χ0n) is 9.21. The molecular formula is C13H10N2O2. The van der Waals surface area contributed by atoms with Crippen molar-refractivity contribution in [2.45, 2.75) is 6.92 Å². The molecule has 0 aliphatic rings. The highest BCUT2D eigenvalue weighted by Gasteiger charge is 2.12. The lowest BCUT2D eigenvalue weighted by Crippen LogP contribution is -1.94. The minimum Gasteiger partial charge on any atom is -0.506 e. The molecule has 0 aliphatic carbocycles. The summed E-state index contributed by atoms with van der Waals surface area (Å²) in [4.78, 5) is 15.4. The van der Waals surface area contributed by atoms with Crippen molar-refractivity contribution in [1.29, 1.82) is 0 Å². The van der Waals surface area contributed by atoms with Gasteiger partial charge in [-0.1, -0.05) is 12.1 Å². The molecule has 0 amide bonds. The van der Waals surface area contributed by atoms with Gasteiger partial charge in [-0.2, -0.15) is 0 Å². The van der Waals surface area contributed by atoms with Gasteiger partial charge in [0.05, 0.1) is 11.2 Å². The van der Waals surface area contributed by atoms with E-state index in [-0.39, 0.29) is 5.75 Å². The van der Waals surface area contributed by atoms with E-state index in [4.69, 9.17) is 0 Å². The van der Waals surface area contributed by atoms with Gasteiger partial charge in [0.2, 0.25) is 0 Å². The second kappa shape index (κ2) is 3.31. The number of rotatable bonds is 1. The van der Waals surface area contributed by atoms with Crippen LogP contribution in [0, 0.1) is 6.92 Å². The van der Waals surface area contributed by atoms with Crippen molar-refractivity contribution in [2.24, 2.45) is 0 Å². The first-order valence-corrected chi connectivity index (χ1v) is 5.27. The van der Waals surface area contributed by atoms with E-state index < -0.39 is 0 Å². The highest BCUT2D eigenvalue weighted by molar-refractivity contribution is 5.90. The monoisotopic (exact) mass is 226 g/mol. The Morgan fingerprint density at radius 3 is 2.88 bits per heavy atom. The van der Waals surface area contributed by atoms with E-state index in [9.17, 15) is 9.90 Å². The Kier molecular flexibility index (Phi) is 1.92. The van der Waals surface area contributed by atoms with Gasteiger partial charge in [-0.3, -0.25) is 9.20 Å². The van der Waals surface area contributed by atoms with E-state index in [2.05, 4.69) is 4.98 Å². The van der Waals surface area contributed by atoms with E-state index in [1.165, 1.54) is 0 Å². The fourth-order valence-corrected chi connectivity index (χ4v) is 2.14. The number of aldehydes is 1. The van der Waals surface area contributed by atoms with Crippen LogP contribution in [-0.2, 0) is 0 Å². The van der Waals surface area contributed by atoms with Gasteiger partial charge in [0, 0.05) is 5.39 Å². The lowest BCUT2D eigenvalue weighted by molar-refractivity contribution is 0.111. The second-order valence-corrected chi connectivity index (χ2v) is 3.94. The third kappa shape index (κ3) is 1.24. The Morgan fingerprint density at radius 1 is 1.29 bits per heavy atom. The number of hydrogen-bond donors (Lipinski definition) is 1. The van der Waals surface area contributed by atoms with Crippen molar-refractivity contribution in [1.82, 2.24) is 9.38 Å². The molecule has 0 saturated carbocycles. The summed E-state index contributed by atoms with van der Waals surface area (Å²) in [5.74, 6) is 0.147. The molecule has 2 aromatic heterocycles. The predicted molar refractivity (Wildman–Crippen MR) is 64.5 cm³/mol. The van der Waals surface area contributed by atoms with Crippen molar-refractivity contribution in [3.63, 3.8) is 0 Å². The number of aryl methyl sites for hydroxylation is 1. The van der Waals surface area contributed by atoms with Crippen LogP contribution in [0.2, 0.25) is 0 Å². The van der Waals surface area contributed by atoms with Gasteiger partial charge in [-0.05, 0) is 25.1 Å². The molecule has 2 heterocycles. The molecule has 0 unspecified atom stereocenters. The van der Waals surface area contributed by atoms with E-state index in [0.717, 1.165) is 11.7 Å². The molecule has 3 aromatic rings. The van der Waals surface area contributed by atoms with Gasteiger partial charge >= 0.3 is 0 Å². The summed E-state index contributed by atoms with van der Waals surface area (Å²) < 4.78 is 1.69. The number of carbonyl (C=O) groups is 1. The number of benzene rings is 1. The number of aromatic hydroxyl groups is 1. The third-order valence-corrected chi connectivity index (χ3v) is 2.92. The first kappa shape index (κ1) is 9.84. The largest absolute Gasteiger partial charge is 0.506 e. The minimum absolute atomic E-state index is 0.147. The summed E-state index contributed by atoms with van der Waals surface area (Å²) in [6.07, 6.45) is 0.765. The number of para-hydroxylation sites is 1. The second-order valence-electron chi connectivity index (χ2n) is 3.94. The van der Waals surface area contributed by atoms with Crippen molar-refractivity contribution in [3.8, 4) is 5.75 Å². The summed E-state index contributed by atoms with van der Waals surface area (Å²) in [5, 5.41) is 10.8. The average molecular weight is 226 g/mol. The quantitative estimate of drug-likeness (QED) is 0.648. The fraction of sp³-hybridized carbons (Fsp3) is 0.0769. The van der Waals surface area contributed by atoms with Gasteiger partial charge in [0.1, 0.15) is 17.1 Å². The van der Waals surface area contributed by atoms with Crippen LogP contribution in [0.5, 0.6) is 5.75 Å². The number of hydrogen-bond acceptors (Lipinski definition) is 3. The molecule has 0 aliphatic heterocycles. The molecule has 0 fully saturated rings. The van der Waals surface area contributed by atoms with Crippen LogP contribution in [0.4, 0.5) is 0 Å². The number of nitrogens with zero attached hydrogens (tertiary/aromatic N) is 2. The van der Waals surface area contributed by atoms with Crippen LogP contribution in [0.25, 0.3) is 16.6 Å². The first-order chi connectivity index (χ1) is 8.22. The van der Waals surface area contributed by atoms with Gasteiger partial charge in [0.15, 0.2) is 6.29 Å². The third-order valence-electron chi connectivity index (χ3n) is 2.92. The summed E-state index contributed by atoms with van der Waals surface area (Å²) in [7, 11) is 0. The standard InChI is InChI=1S/C13H10N2O2/c1-8-10(7-16)15-12(14-8)6-5-9-3-2-4-11(17)13(9)15/h2-7,17H,1H3. The summed E-state index contributed by atoms with van der Waals surface area (Å²) >= 11 is 0. The molecule has 1 aromatic carbocycles. The smallest absolute Gasteiger partial charge is 0.168 e. The lowest BCUT2D eigenvalue weighted by Gasteiger charge is -2.05. The SMILES string of the molecule is Cc1nc2ccc3cccc(O)c3n2c1C=O. The van der Waals surface area contributed by atoms with E-state index >= 15 is 0 Å². The number of imidazole rings is 1. The number of phenolic OH excluding ortho intramolecular Hbond substituents is 1. The number of aromatic nitrogens is 2. The summed E-state index contributed by atoms with van der Waals surface area (Å²) in [6.45, 7) is 1.78. The van der Waals surface area contributed by atoms with E-state index in [1.54, 1.807) is 23.5 Å². The molecule has 3 rings (SSSR count). The Labute approximate surface area is 97.1 Å². The van der Waals surface area contributed by atoms with Crippen LogP contribution in [-0.4, -0.2) is 20.8 Å². The molecular weight excluding hydrogens is 216 g/mol. The number of pyridine rings is 1. The lowest BCUT2D eigenvalue weighted by atomic mass is 10.2. The zero-order valence-corrected chi connectivity index (χ0v) is 9.21. The molecule has 4 nitrogen and oxygen atoms in total. The van der Waals surface area contributed by atoms with E-state index in [1.807, 2.05) is 18.2 Å².